The standard InChI is InChI=1S/C19H18FN7/c20-19-14(2-1-7-22-19)12-3-4-16-15(10-12)18(25-23-16)17-11-27(26-24-17)13-5-8-21-9-6-13/h1-4,7,10-11,13,21H,5-6,8-9H2,(H,23,25). The van der Waals surface area contributed by atoms with Crippen LogP contribution in [0.2, 0.25) is 0 Å². The number of aromatic nitrogens is 6. The third-order valence-electron chi connectivity index (χ3n) is 5.07. The molecule has 136 valence electrons. The molecule has 1 saturated heterocycles. The van der Waals surface area contributed by atoms with Gasteiger partial charge in [0, 0.05) is 17.1 Å². The van der Waals surface area contributed by atoms with Crippen molar-refractivity contribution in [3.8, 4) is 22.5 Å². The summed E-state index contributed by atoms with van der Waals surface area (Å²) in [5.41, 5.74) is 3.51. The third kappa shape index (κ3) is 2.87. The van der Waals surface area contributed by atoms with E-state index in [1.54, 1.807) is 12.1 Å². The van der Waals surface area contributed by atoms with Crippen molar-refractivity contribution in [3.63, 3.8) is 0 Å². The van der Waals surface area contributed by atoms with Crippen molar-refractivity contribution in [2.45, 2.75) is 18.9 Å². The molecule has 1 aliphatic heterocycles. The van der Waals surface area contributed by atoms with Crippen molar-refractivity contribution < 1.29 is 4.39 Å². The van der Waals surface area contributed by atoms with Crippen LogP contribution in [0.25, 0.3) is 33.4 Å². The van der Waals surface area contributed by atoms with Crippen molar-refractivity contribution in [2.24, 2.45) is 0 Å². The lowest BCUT2D eigenvalue weighted by atomic mass is 10.0. The number of nitrogens with zero attached hydrogens (tertiary/aromatic N) is 5. The maximum absolute atomic E-state index is 14.1. The van der Waals surface area contributed by atoms with Gasteiger partial charge in [-0.2, -0.15) is 9.49 Å². The van der Waals surface area contributed by atoms with E-state index in [1.807, 2.05) is 29.1 Å². The molecular weight excluding hydrogens is 345 g/mol. The third-order valence-corrected chi connectivity index (χ3v) is 5.07. The molecule has 4 heterocycles. The van der Waals surface area contributed by atoms with E-state index in [4.69, 9.17) is 0 Å². The summed E-state index contributed by atoms with van der Waals surface area (Å²) in [6.45, 7) is 1.98. The highest BCUT2D eigenvalue weighted by molar-refractivity contribution is 5.94. The molecule has 5 rings (SSSR count). The van der Waals surface area contributed by atoms with Crippen molar-refractivity contribution in [3.05, 3.63) is 48.7 Å². The van der Waals surface area contributed by atoms with Gasteiger partial charge in [0.1, 0.15) is 11.4 Å². The van der Waals surface area contributed by atoms with Gasteiger partial charge < -0.3 is 5.32 Å². The van der Waals surface area contributed by atoms with E-state index in [2.05, 4.69) is 30.8 Å². The molecule has 0 saturated carbocycles. The monoisotopic (exact) mass is 363 g/mol. The zero-order valence-corrected chi connectivity index (χ0v) is 14.6. The molecule has 27 heavy (non-hydrogen) atoms. The molecule has 0 bridgehead atoms. The summed E-state index contributed by atoms with van der Waals surface area (Å²) in [5.74, 6) is -0.487. The lowest BCUT2D eigenvalue weighted by Crippen LogP contribution is -2.29. The van der Waals surface area contributed by atoms with E-state index < -0.39 is 5.95 Å². The van der Waals surface area contributed by atoms with Gasteiger partial charge in [0.25, 0.3) is 0 Å². The smallest absolute Gasteiger partial charge is 0.220 e. The average Bonchev–Trinajstić information content (AvgIpc) is 3.35. The first-order valence-corrected chi connectivity index (χ1v) is 9.01. The number of hydrogen-bond acceptors (Lipinski definition) is 5. The molecule has 2 N–H and O–H groups in total. The Bertz CT molecular complexity index is 1090. The number of piperidine rings is 1. The van der Waals surface area contributed by atoms with Crippen molar-refractivity contribution in [2.75, 3.05) is 13.1 Å². The largest absolute Gasteiger partial charge is 0.317 e. The zero-order chi connectivity index (χ0) is 18.2. The molecule has 0 aliphatic carbocycles. The second-order valence-electron chi connectivity index (χ2n) is 6.74. The normalized spacial score (nSPS) is 15.4. The van der Waals surface area contributed by atoms with Crippen LogP contribution >= 0.6 is 0 Å². The topological polar surface area (TPSA) is 84.3 Å². The van der Waals surface area contributed by atoms with Gasteiger partial charge >= 0.3 is 0 Å². The highest BCUT2D eigenvalue weighted by Gasteiger charge is 2.19. The van der Waals surface area contributed by atoms with Crippen LogP contribution in [0.15, 0.2) is 42.7 Å². The van der Waals surface area contributed by atoms with Crippen LogP contribution in [0.1, 0.15) is 18.9 Å². The van der Waals surface area contributed by atoms with Crippen LogP contribution < -0.4 is 5.32 Å². The first kappa shape index (κ1) is 16.1. The summed E-state index contributed by atoms with van der Waals surface area (Å²) >= 11 is 0. The van der Waals surface area contributed by atoms with Gasteiger partial charge in [0.15, 0.2) is 0 Å². The molecule has 7 nitrogen and oxygen atoms in total. The quantitative estimate of drug-likeness (QED) is 0.547. The Morgan fingerprint density at radius 3 is 2.89 bits per heavy atom. The van der Waals surface area contributed by atoms with E-state index in [1.165, 1.54) is 6.20 Å². The molecule has 3 aromatic heterocycles. The minimum atomic E-state index is -0.487. The summed E-state index contributed by atoms with van der Waals surface area (Å²) in [6.07, 6.45) is 5.46. The van der Waals surface area contributed by atoms with E-state index in [-0.39, 0.29) is 0 Å². The van der Waals surface area contributed by atoms with Crippen LogP contribution in [-0.2, 0) is 0 Å². The molecule has 0 unspecified atom stereocenters. The second kappa shape index (κ2) is 6.55. The van der Waals surface area contributed by atoms with Crippen molar-refractivity contribution >= 4 is 10.9 Å². The zero-order valence-electron chi connectivity index (χ0n) is 14.6. The fraction of sp³-hybridized carbons (Fsp3) is 0.263. The summed E-state index contributed by atoms with van der Waals surface area (Å²) in [7, 11) is 0. The maximum Gasteiger partial charge on any atom is 0.220 e. The van der Waals surface area contributed by atoms with Crippen molar-refractivity contribution in [1.82, 2.24) is 35.5 Å². The summed E-state index contributed by atoms with van der Waals surface area (Å²) < 4.78 is 16.0. The van der Waals surface area contributed by atoms with Gasteiger partial charge in [-0.15, -0.1) is 5.10 Å². The molecule has 0 atom stereocenters. The fourth-order valence-electron chi connectivity index (χ4n) is 3.61. The number of aromatic amines is 1. The van der Waals surface area contributed by atoms with Crippen LogP contribution in [0, 0.1) is 5.95 Å². The van der Waals surface area contributed by atoms with E-state index in [0.29, 0.717) is 17.3 Å². The molecule has 1 aromatic carbocycles. The van der Waals surface area contributed by atoms with Gasteiger partial charge in [-0.1, -0.05) is 11.3 Å². The molecule has 1 fully saturated rings. The highest BCUT2D eigenvalue weighted by Crippen LogP contribution is 2.30. The first-order valence-electron chi connectivity index (χ1n) is 9.01. The summed E-state index contributed by atoms with van der Waals surface area (Å²) in [4.78, 5) is 3.74. The number of H-pyrrole nitrogens is 1. The van der Waals surface area contributed by atoms with E-state index in [0.717, 1.165) is 48.1 Å². The Kier molecular flexibility index (Phi) is 3.90. The first-order chi connectivity index (χ1) is 13.3. The SMILES string of the molecule is Fc1ncccc1-c1ccc2[nH]nc(-c3cn(C4CCNCC4)nn3)c2c1. The molecule has 0 radical (unpaired) electrons. The Labute approximate surface area is 154 Å². The number of fused-ring (bicyclic) bond motifs is 1. The molecule has 0 spiro atoms. The van der Waals surface area contributed by atoms with Gasteiger partial charge in [-0.3, -0.25) is 5.10 Å². The number of benzene rings is 1. The van der Waals surface area contributed by atoms with Crippen LogP contribution in [0.3, 0.4) is 0 Å². The summed E-state index contributed by atoms with van der Waals surface area (Å²) in [5, 5.41) is 20.3. The highest BCUT2D eigenvalue weighted by atomic mass is 19.1. The van der Waals surface area contributed by atoms with Gasteiger partial charge in [-0.25, -0.2) is 9.67 Å². The van der Waals surface area contributed by atoms with E-state index in [9.17, 15) is 4.39 Å². The van der Waals surface area contributed by atoms with Crippen molar-refractivity contribution in [1.29, 1.82) is 0 Å². The Morgan fingerprint density at radius 2 is 2.04 bits per heavy atom. The van der Waals surface area contributed by atoms with Gasteiger partial charge in [0.2, 0.25) is 5.95 Å². The Hall–Kier alpha value is -3.13. The number of rotatable bonds is 3. The maximum atomic E-state index is 14.1. The van der Waals surface area contributed by atoms with Crippen LogP contribution in [0.5, 0.6) is 0 Å². The molecule has 0 amide bonds. The Morgan fingerprint density at radius 1 is 1.15 bits per heavy atom. The van der Waals surface area contributed by atoms with Gasteiger partial charge in [0.05, 0.1) is 17.8 Å². The minimum Gasteiger partial charge on any atom is -0.317 e. The molecular formula is C19H18FN7. The van der Waals surface area contributed by atoms with Gasteiger partial charge in [-0.05, 0) is 55.8 Å². The molecule has 1 aliphatic rings. The number of hydrogen-bond donors (Lipinski definition) is 2. The minimum absolute atomic E-state index is 0.359. The molecule has 8 heteroatoms. The predicted octanol–water partition coefficient (Wildman–Crippen LogP) is 2.95. The lowest BCUT2D eigenvalue weighted by molar-refractivity contribution is 0.337. The van der Waals surface area contributed by atoms with Crippen LogP contribution in [-0.4, -0.2) is 43.3 Å². The fourth-order valence-corrected chi connectivity index (χ4v) is 3.61. The van der Waals surface area contributed by atoms with Crippen LogP contribution in [0.4, 0.5) is 4.39 Å². The second-order valence-corrected chi connectivity index (χ2v) is 6.74. The average molecular weight is 363 g/mol. The lowest BCUT2D eigenvalue weighted by Gasteiger charge is -2.22. The van der Waals surface area contributed by atoms with E-state index >= 15 is 0 Å². The number of nitrogens with one attached hydrogen (secondary N) is 2. The Balaban J connectivity index is 1.55. The predicted molar refractivity (Wildman–Crippen MR) is 99.4 cm³/mol. The summed E-state index contributed by atoms with van der Waals surface area (Å²) in [6, 6.07) is 9.47. The number of pyridine rings is 1. The molecule has 4 aromatic rings. The number of halogens is 1.